The second-order valence-electron chi connectivity index (χ2n) is 6.89. The van der Waals surface area contributed by atoms with Crippen molar-refractivity contribution in [2.75, 3.05) is 18.1 Å². The average Bonchev–Trinajstić information content (AvgIpc) is 2.77. The van der Waals surface area contributed by atoms with Gasteiger partial charge >= 0.3 is 5.97 Å². The van der Waals surface area contributed by atoms with Gasteiger partial charge in [0, 0.05) is 24.2 Å². The first kappa shape index (κ1) is 17.3. The second kappa shape index (κ2) is 6.08. The molecule has 5 nitrogen and oxygen atoms in total. The molecule has 0 fully saturated rings. The fourth-order valence-corrected chi connectivity index (χ4v) is 4.06. The Morgan fingerprint density at radius 2 is 2.04 bits per heavy atom. The molecule has 132 valence electrons. The van der Waals surface area contributed by atoms with Crippen LogP contribution in [0.2, 0.25) is 0 Å². The van der Waals surface area contributed by atoms with E-state index in [9.17, 15) is 15.0 Å². The van der Waals surface area contributed by atoms with Crippen molar-refractivity contribution in [1.82, 2.24) is 0 Å². The van der Waals surface area contributed by atoms with Gasteiger partial charge in [-0.3, -0.25) is 0 Å². The lowest BCUT2D eigenvalue weighted by Crippen LogP contribution is -2.59. The normalized spacial score (nSPS) is 23.2. The molecule has 5 heteroatoms. The highest BCUT2D eigenvalue weighted by atomic mass is 16.5. The van der Waals surface area contributed by atoms with Crippen LogP contribution >= 0.6 is 0 Å². The number of ether oxygens (including phenoxy) is 1. The molecule has 3 rings (SSSR count). The molecule has 2 aliphatic heterocycles. The largest absolute Gasteiger partial charge is 0.478 e. The number of nitrogens with zero attached hydrogens (tertiary/aromatic N) is 1. The van der Waals surface area contributed by atoms with Crippen molar-refractivity contribution in [2.24, 2.45) is 0 Å². The zero-order valence-corrected chi connectivity index (χ0v) is 14.5. The Morgan fingerprint density at radius 1 is 1.32 bits per heavy atom. The number of para-hydroxylation sites is 1. The van der Waals surface area contributed by atoms with Gasteiger partial charge in [0.25, 0.3) is 0 Å². The van der Waals surface area contributed by atoms with Crippen LogP contribution in [0.1, 0.15) is 25.8 Å². The second-order valence-corrected chi connectivity index (χ2v) is 6.89. The van der Waals surface area contributed by atoms with Crippen LogP contribution in [-0.2, 0) is 14.9 Å². The third-order valence-corrected chi connectivity index (χ3v) is 5.18. The molecule has 0 aromatic heterocycles. The van der Waals surface area contributed by atoms with Gasteiger partial charge in [0.05, 0.1) is 18.3 Å². The van der Waals surface area contributed by atoms with E-state index in [2.05, 4.69) is 26.5 Å². The maximum absolute atomic E-state index is 11.3. The van der Waals surface area contributed by atoms with Crippen LogP contribution < -0.4 is 4.90 Å². The van der Waals surface area contributed by atoms with Crippen LogP contribution in [0.5, 0.6) is 0 Å². The molecule has 0 radical (unpaired) electrons. The smallest absolute Gasteiger partial charge is 0.331 e. The van der Waals surface area contributed by atoms with E-state index in [0.29, 0.717) is 6.54 Å². The first-order valence-electron chi connectivity index (χ1n) is 8.29. The van der Waals surface area contributed by atoms with Crippen molar-refractivity contribution in [3.8, 4) is 0 Å². The standard InChI is InChI=1S/C20H23NO4/c1-14(18(23)24)13-15-7-6-12-25-20(15)19(2,3)16-8-4-5-9-17(16)21(20)10-11-22/h4-9,12,22H,1,10-11,13H2,2-3H3,(H,23,24). The maximum atomic E-state index is 11.3. The maximum Gasteiger partial charge on any atom is 0.331 e. The highest BCUT2D eigenvalue weighted by Gasteiger charge is 2.61. The van der Waals surface area contributed by atoms with Crippen LogP contribution in [0.15, 0.2) is 60.4 Å². The predicted molar refractivity (Wildman–Crippen MR) is 96.3 cm³/mol. The van der Waals surface area contributed by atoms with E-state index < -0.39 is 17.1 Å². The Balaban J connectivity index is 2.17. The first-order valence-corrected chi connectivity index (χ1v) is 8.29. The van der Waals surface area contributed by atoms with Gasteiger partial charge in [0.15, 0.2) is 0 Å². The molecule has 1 spiro atoms. The number of hydrogen-bond donors (Lipinski definition) is 2. The Bertz CT molecular complexity index is 778. The van der Waals surface area contributed by atoms with Crippen molar-refractivity contribution >= 4 is 11.7 Å². The zero-order valence-electron chi connectivity index (χ0n) is 14.5. The van der Waals surface area contributed by atoms with E-state index in [1.807, 2.05) is 29.2 Å². The molecule has 1 unspecified atom stereocenters. The van der Waals surface area contributed by atoms with Gasteiger partial charge in [-0.2, -0.15) is 0 Å². The lowest BCUT2D eigenvalue weighted by atomic mass is 9.72. The van der Waals surface area contributed by atoms with Crippen LogP contribution in [0.3, 0.4) is 0 Å². The quantitative estimate of drug-likeness (QED) is 0.806. The molecule has 2 aliphatic rings. The molecule has 25 heavy (non-hydrogen) atoms. The Morgan fingerprint density at radius 3 is 2.72 bits per heavy atom. The van der Waals surface area contributed by atoms with Crippen molar-refractivity contribution in [1.29, 1.82) is 0 Å². The zero-order chi connectivity index (χ0) is 18.2. The number of rotatable bonds is 5. The summed E-state index contributed by atoms with van der Waals surface area (Å²) in [6.07, 6.45) is 5.49. The number of aliphatic hydroxyl groups is 1. The van der Waals surface area contributed by atoms with E-state index in [0.717, 1.165) is 16.8 Å². The van der Waals surface area contributed by atoms with Crippen LogP contribution in [0.25, 0.3) is 0 Å². The van der Waals surface area contributed by atoms with Gasteiger partial charge < -0.3 is 19.8 Å². The number of anilines is 1. The highest BCUT2D eigenvalue weighted by Crippen LogP contribution is 2.56. The number of aliphatic carboxylic acids is 1. The number of β-amino-alcohol motifs (C(OH)–C–C–N with tert-alkyl or cyclic N) is 1. The SMILES string of the molecule is C=C(CC1=CC=COC12N(CCO)c1ccccc1C2(C)C)C(=O)O. The van der Waals surface area contributed by atoms with Gasteiger partial charge in [-0.05, 0) is 37.1 Å². The topological polar surface area (TPSA) is 70.0 Å². The lowest BCUT2D eigenvalue weighted by molar-refractivity contribution is -0.132. The molecule has 0 aliphatic carbocycles. The van der Waals surface area contributed by atoms with E-state index in [1.54, 1.807) is 12.3 Å². The number of benzene rings is 1. The monoisotopic (exact) mass is 341 g/mol. The third-order valence-electron chi connectivity index (χ3n) is 5.18. The summed E-state index contributed by atoms with van der Waals surface area (Å²) in [7, 11) is 0. The first-order chi connectivity index (χ1) is 11.9. The number of carboxylic acid groups (broad SMARTS) is 1. The van der Waals surface area contributed by atoms with E-state index in [4.69, 9.17) is 4.74 Å². The van der Waals surface area contributed by atoms with Crippen LogP contribution in [0, 0.1) is 0 Å². The fourth-order valence-electron chi connectivity index (χ4n) is 4.06. The number of allylic oxidation sites excluding steroid dienone is 2. The predicted octanol–water partition coefficient (Wildman–Crippen LogP) is 2.97. The number of carboxylic acids is 1. The highest BCUT2D eigenvalue weighted by molar-refractivity contribution is 5.86. The van der Waals surface area contributed by atoms with Crippen molar-refractivity contribution in [3.05, 3.63) is 66.0 Å². The molecule has 0 saturated heterocycles. The van der Waals surface area contributed by atoms with Crippen molar-refractivity contribution in [2.45, 2.75) is 31.4 Å². The number of aliphatic hydroxyl groups excluding tert-OH is 1. The van der Waals surface area contributed by atoms with Crippen molar-refractivity contribution in [3.63, 3.8) is 0 Å². The molecular formula is C20H23NO4. The molecule has 1 atom stereocenters. The minimum atomic E-state index is -1.02. The fraction of sp³-hybridized carbons (Fsp3) is 0.350. The van der Waals surface area contributed by atoms with Gasteiger partial charge in [-0.15, -0.1) is 0 Å². The summed E-state index contributed by atoms with van der Waals surface area (Å²) in [4.78, 5) is 13.4. The molecule has 2 N–H and O–H groups in total. The van der Waals surface area contributed by atoms with E-state index in [1.165, 1.54) is 0 Å². The average molecular weight is 341 g/mol. The Labute approximate surface area is 147 Å². The minimum absolute atomic E-state index is 0.0353. The Kier molecular flexibility index (Phi) is 4.21. The molecule has 2 heterocycles. The van der Waals surface area contributed by atoms with Crippen LogP contribution in [0.4, 0.5) is 5.69 Å². The Hall–Kier alpha value is -2.53. The van der Waals surface area contributed by atoms with Gasteiger partial charge in [-0.1, -0.05) is 30.9 Å². The van der Waals surface area contributed by atoms with Gasteiger partial charge in [-0.25, -0.2) is 4.79 Å². The summed E-state index contributed by atoms with van der Waals surface area (Å²) in [5.74, 6) is -1.02. The van der Waals surface area contributed by atoms with E-state index in [-0.39, 0.29) is 18.6 Å². The van der Waals surface area contributed by atoms with Crippen LogP contribution in [-0.4, -0.2) is 35.1 Å². The number of hydrogen-bond acceptors (Lipinski definition) is 4. The van der Waals surface area contributed by atoms with E-state index >= 15 is 0 Å². The molecule has 0 amide bonds. The molecule has 1 aromatic rings. The third kappa shape index (κ3) is 2.38. The summed E-state index contributed by atoms with van der Waals surface area (Å²) in [6, 6.07) is 8.00. The minimum Gasteiger partial charge on any atom is -0.478 e. The molecule has 1 aromatic carbocycles. The summed E-state index contributed by atoms with van der Waals surface area (Å²) in [6.45, 7) is 8.19. The molecule has 0 bridgehead atoms. The van der Waals surface area contributed by atoms with Gasteiger partial charge in [0.1, 0.15) is 0 Å². The number of fused-ring (bicyclic) bond motifs is 1. The molecular weight excluding hydrogens is 318 g/mol. The summed E-state index contributed by atoms with van der Waals surface area (Å²) < 4.78 is 6.21. The summed E-state index contributed by atoms with van der Waals surface area (Å²) >= 11 is 0. The lowest BCUT2D eigenvalue weighted by Gasteiger charge is -2.49. The number of carbonyl (C=O) groups is 1. The summed E-state index contributed by atoms with van der Waals surface area (Å²) in [5, 5.41) is 18.9. The molecule has 0 saturated carbocycles. The summed E-state index contributed by atoms with van der Waals surface area (Å²) in [5.41, 5.74) is 1.67. The van der Waals surface area contributed by atoms with Gasteiger partial charge in [0.2, 0.25) is 5.72 Å². The van der Waals surface area contributed by atoms with Crippen molar-refractivity contribution < 1.29 is 19.7 Å².